The van der Waals surface area contributed by atoms with Crippen LogP contribution in [0.1, 0.15) is 51.4 Å². The van der Waals surface area contributed by atoms with Crippen molar-refractivity contribution in [3.63, 3.8) is 0 Å². The SMILES string of the molecule is COc1ccc2c(O[C@H]3C[C@H]4C(=O)NCCCC/C=C\[C@@H]5C[C@@]5(C(=O)NS(=O)(=O)C5CC5)NC(=O)[C@@H]4C3)cc(-c3ccccc3)nc2c1. The van der Waals surface area contributed by atoms with Crippen molar-refractivity contribution in [3.8, 4) is 22.8 Å². The summed E-state index contributed by atoms with van der Waals surface area (Å²) in [5.41, 5.74) is 0.913. The van der Waals surface area contributed by atoms with Crippen molar-refractivity contribution in [2.75, 3.05) is 13.7 Å². The molecule has 0 bridgehead atoms. The molecule has 2 heterocycles. The number of ether oxygens (including phenoxy) is 2. The molecule has 3 aliphatic carbocycles. The van der Waals surface area contributed by atoms with Crippen LogP contribution in [0, 0.1) is 17.8 Å². The zero-order chi connectivity index (χ0) is 33.5. The van der Waals surface area contributed by atoms with E-state index < -0.39 is 50.6 Å². The van der Waals surface area contributed by atoms with Crippen LogP contribution in [0.4, 0.5) is 0 Å². The molecule has 11 nitrogen and oxygen atoms in total. The number of nitrogens with zero attached hydrogens (tertiary/aromatic N) is 1. The molecule has 0 radical (unpaired) electrons. The molecule has 3 fully saturated rings. The molecule has 252 valence electrons. The van der Waals surface area contributed by atoms with Crippen molar-refractivity contribution in [3.05, 3.63) is 66.7 Å². The predicted molar refractivity (Wildman–Crippen MR) is 179 cm³/mol. The third-order valence-electron chi connectivity index (χ3n) is 9.96. The molecule has 3 aromatic rings. The zero-order valence-electron chi connectivity index (χ0n) is 26.8. The normalized spacial score (nSPS) is 28.2. The van der Waals surface area contributed by atoms with E-state index in [1.807, 2.05) is 66.7 Å². The number of methoxy groups -OCH3 is 1. The lowest BCUT2D eigenvalue weighted by molar-refractivity contribution is -0.136. The molecule has 2 aromatic carbocycles. The number of benzene rings is 2. The number of carbonyl (C=O) groups excluding carboxylic acids is 3. The first kappa shape index (κ1) is 32.1. The number of amides is 3. The van der Waals surface area contributed by atoms with Crippen molar-refractivity contribution in [2.45, 2.75) is 68.3 Å². The van der Waals surface area contributed by atoms with Crippen LogP contribution in [0.5, 0.6) is 11.5 Å². The Morgan fingerprint density at radius 3 is 2.52 bits per heavy atom. The van der Waals surface area contributed by atoms with Gasteiger partial charge in [0.1, 0.15) is 23.1 Å². The average molecular weight is 673 g/mol. The molecule has 3 N–H and O–H groups in total. The molecule has 3 saturated carbocycles. The van der Waals surface area contributed by atoms with Gasteiger partial charge < -0.3 is 20.1 Å². The van der Waals surface area contributed by atoms with Gasteiger partial charge in [0.05, 0.1) is 35.4 Å². The molecule has 0 unspecified atom stereocenters. The minimum atomic E-state index is -3.81. The summed E-state index contributed by atoms with van der Waals surface area (Å²) in [6.07, 6.45) is 7.59. The fourth-order valence-electron chi connectivity index (χ4n) is 6.97. The van der Waals surface area contributed by atoms with E-state index >= 15 is 0 Å². The number of allylic oxidation sites excluding steroid dienone is 1. The van der Waals surface area contributed by atoms with Crippen LogP contribution in [-0.2, 0) is 24.4 Å². The smallest absolute Gasteiger partial charge is 0.259 e. The third-order valence-corrected chi connectivity index (χ3v) is 11.8. The molecule has 7 rings (SSSR count). The van der Waals surface area contributed by atoms with Gasteiger partial charge in [-0.3, -0.25) is 19.1 Å². The number of aromatic nitrogens is 1. The van der Waals surface area contributed by atoms with Crippen LogP contribution in [-0.4, -0.2) is 61.7 Å². The Bertz CT molecular complexity index is 1880. The molecular formula is C36H40N4O7S. The Labute approximate surface area is 279 Å². The number of carbonyl (C=O) groups is 3. The molecule has 12 heteroatoms. The number of pyridine rings is 1. The number of rotatable bonds is 7. The minimum Gasteiger partial charge on any atom is -0.497 e. The topological polar surface area (TPSA) is 153 Å². The van der Waals surface area contributed by atoms with Gasteiger partial charge in [-0.1, -0.05) is 42.5 Å². The number of hydrogen-bond acceptors (Lipinski definition) is 8. The fourth-order valence-corrected chi connectivity index (χ4v) is 8.33. The predicted octanol–water partition coefficient (Wildman–Crippen LogP) is 4.02. The Morgan fingerprint density at radius 2 is 1.77 bits per heavy atom. The quantitative estimate of drug-likeness (QED) is 0.318. The van der Waals surface area contributed by atoms with Crippen molar-refractivity contribution in [2.24, 2.45) is 17.8 Å². The summed E-state index contributed by atoms with van der Waals surface area (Å²) in [7, 11) is -2.22. The summed E-state index contributed by atoms with van der Waals surface area (Å²) >= 11 is 0. The molecule has 1 aliphatic heterocycles. The van der Waals surface area contributed by atoms with Gasteiger partial charge in [-0.2, -0.15) is 0 Å². The minimum absolute atomic E-state index is 0.231. The summed E-state index contributed by atoms with van der Waals surface area (Å²) in [6.45, 7) is 0.495. The summed E-state index contributed by atoms with van der Waals surface area (Å²) in [5, 5.41) is 6.13. The van der Waals surface area contributed by atoms with Crippen molar-refractivity contribution >= 4 is 38.6 Å². The molecule has 1 aromatic heterocycles. The highest BCUT2D eigenvalue weighted by atomic mass is 32.2. The molecule has 4 aliphatic rings. The lowest BCUT2D eigenvalue weighted by atomic mass is 9.93. The van der Waals surface area contributed by atoms with E-state index in [1.165, 1.54) is 0 Å². The number of sulfonamides is 1. The molecule has 3 amide bonds. The highest BCUT2D eigenvalue weighted by Crippen LogP contribution is 2.47. The van der Waals surface area contributed by atoms with Gasteiger partial charge in [0.25, 0.3) is 5.91 Å². The average Bonchev–Trinajstić information content (AvgIpc) is 4.01. The van der Waals surface area contributed by atoms with Crippen molar-refractivity contribution in [1.29, 1.82) is 0 Å². The second kappa shape index (κ2) is 12.9. The van der Waals surface area contributed by atoms with Crippen LogP contribution in [0.2, 0.25) is 0 Å². The molecule has 0 spiro atoms. The fraction of sp³-hybridized carbons (Fsp3) is 0.444. The van der Waals surface area contributed by atoms with E-state index in [2.05, 4.69) is 15.4 Å². The Morgan fingerprint density at radius 1 is 1.00 bits per heavy atom. The maximum Gasteiger partial charge on any atom is 0.259 e. The maximum atomic E-state index is 14.1. The lowest BCUT2D eigenvalue weighted by Crippen LogP contribution is -2.54. The summed E-state index contributed by atoms with van der Waals surface area (Å²) in [4.78, 5) is 46.0. The van der Waals surface area contributed by atoms with Crippen LogP contribution in [0.3, 0.4) is 0 Å². The standard InChI is InChI=1S/C36H40N4O7S/c1-46-24-12-15-27-31(19-24)38-30(22-9-5-4-6-10-22)20-32(27)47-25-17-28-29(18-25)34(42)39-36(35(43)40-48(44,45)26-13-14-26)21-23(36)11-7-2-3-8-16-37-33(28)41/h4-7,9-12,15,19-20,23,25-26,28-29H,2-3,8,13-14,16-18,21H2,1H3,(H,37,41)(H,39,42)(H,40,43)/b11-7-/t23-,25+,28-,29-,36-/m1/s1. The Kier molecular flexibility index (Phi) is 8.61. The highest BCUT2D eigenvalue weighted by Gasteiger charge is 2.62. The first-order valence-corrected chi connectivity index (χ1v) is 18.2. The van der Waals surface area contributed by atoms with Gasteiger partial charge in [0.2, 0.25) is 21.8 Å². The third kappa shape index (κ3) is 6.50. The van der Waals surface area contributed by atoms with E-state index in [0.29, 0.717) is 54.9 Å². The van der Waals surface area contributed by atoms with Crippen LogP contribution in [0.25, 0.3) is 22.2 Å². The van der Waals surface area contributed by atoms with E-state index in [1.54, 1.807) is 7.11 Å². The Hall–Kier alpha value is -4.45. The number of nitrogens with one attached hydrogen (secondary N) is 3. The summed E-state index contributed by atoms with van der Waals surface area (Å²) in [6, 6.07) is 17.2. The second-order valence-corrected chi connectivity index (χ2v) is 15.3. The molecule has 48 heavy (non-hydrogen) atoms. The van der Waals surface area contributed by atoms with Crippen LogP contribution >= 0.6 is 0 Å². The highest BCUT2D eigenvalue weighted by molar-refractivity contribution is 7.91. The van der Waals surface area contributed by atoms with Crippen molar-refractivity contribution in [1.82, 2.24) is 20.3 Å². The van der Waals surface area contributed by atoms with E-state index in [0.717, 1.165) is 30.2 Å². The molecule has 5 atom stereocenters. The van der Waals surface area contributed by atoms with E-state index in [-0.39, 0.29) is 18.2 Å². The number of fused-ring (bicyclic) bond motifs is 3. The summed E-state index contributed by atoms with van der Waals surface area (Å²) < 4.78 is 39.7. The van der Waals surface area contributed by atoms with Crippen LogP contribution in [0.15, 0.2) is 66.7 Å². The molecular weight excluding hydrogens is 632 g/mol. The maximum absolute atomic E-state index is 14.1. The van der Waals surface area contributed by atoms with Gasteiger partial charge >= 0.3 is 0 Å². The largest absolute Gasteiger partial charge is 0.497 e. The van der Waals surface area contributed by atoms with Gasteiger partial charge in [0.15, 0.2) is 0 Å². The number of hydrogen-bond donors (Lipinski definition) is 3. The van der Waals surface area contributed by atoms with Gasteiger partial charge in [0, 0.05) is 35.5 Å². The monoisotopic (exact) mass is 672 g/mol. The van der Waals surface area contributed by atoms with Crippen LogP contribution < -0.4 is 24.8 Å². The Balaban J connectivity index is 1.18. The van der Waals surface area contributed by atoms with Gasteiger partial charge in [-0.05, 0) is 63.5 Å². The lowest BCUT2D eigenvalue weighted by Gasteiger charge is -2.23. The van der Waals surface area contributed by atoms with Gasteiger partial charge in [-0.15, -0.1) is 0 Å². The summed E-state index contributed by atoms with van der Waals surface area (Å²) in [5.74, 6) is -1.99. The second-order valence-electron chi connectivity index (χ2n) is 13.3. The van der Waals surface area contributed by atoms with Crippen molar-refractivity contribution < 1.29 is 32.3 Å². The first-order chi connectivity index (χ1) is 23.2. The molecule has 0 saturated heterocycles. The zero-order valence-corrected chi connectivity index (χ0v) is 27.6. The van der Waals surface area contributed by atoms with Gasteiger partial charge in [-0.25, -0.2) is 13.4 Å². The van der Waals surface area contributed by atoms with E-state index in [4.69, 9.17) is 14.5 Å². The van der Waals surface area contributed by atoms with E-state index in [9.17, 15) is 22.8 Å². The first-order valence-electron chi connectivity index (χ1n) is 16.7.